The average Bonchev–Trinajstić information content (AvgIpc) is 2.92. The largest absolute Gasteiger partial charge is 0.326 e. The molecule has 1 fully saturated rings. The zero-order valence-electron chi connectivity index (χ0n) is 11.8. The predicted molar refractivity (Wildman–Crippen MR) is 79.3 cm³/mol. The molecule has 0 spiro atoms. The fourth-order valence-corrected chi connectivity index (χ4v) is 3.44. The molecule has 1 saturated heterocycles. The highest BCUT2D eigenvalue weighted by Gasteiger charge is 2.39. The van der Waals surface area contributed by atoms with Crippen molar-refractivity contribution < 1.29 is 9.59 Å². The number of hydrogen-bond acceptors (Lipinski definition) is 5. The zero-order valence-corrected chi connectivity index (χ0v) is 12.7. The summed E-state index contributed by atoms with van der Waals surface area (Å²) in [7, 11) is 0. The van der Waals surface area contributed by atoms with Crippen LogP contribution < -0.4 is 11.1 Å². The second-order valence-corrected chi connectivity index (χ2v) is 5.86. The lowest BCUT2D eigenvalue weighted by Gasteiger charge is -2.41. The van der Waals surface area contributed by atoms with Gasteiger partial charge in [-0.05, 0) is 35.2 Å². The number of imide groups is 1. The molecule has 0 aromatic carbocycles. The summed E-state index contributed by atoms with van der Waals surface area (Å²) in [6, 6.07) is 1.54. The summed E-state index contributed by atoms with van der Waals surface area (Å²) in [6.45, 7) is 4.20. The molecule has 5 nitrogen and oxygen atoms in total. The Balaban J connectivity index is 2.35. The summed E-state index contributed by atoms with van der Waals surface area (Å²) in [5, 5.41) is 6.45. The van der Waals surface area contributed by atoms with Crippen LogP contribution in [0.25, 0.3) is 0 Å². The van der Waals surface area contributed by atoms with Gasteiger partial charge in [0.2, 0.25) is 11.8 Å². The van der Waals surface area contributed by atoms with Crippen LogP contribution in [0.15, 0.2) is 16.8 Å². The second-order valence-electron chi connectivity index (χ2n) is 5.08. The summed E-state index contributed by atoms with van der Waals surface area (Å²) in [5.74, 6) is -0.462. The maximum atomic E-state index is 12.0. The molecule has 20 heavy (non-hydrogen) atoms. The van der Waals surface area contributed by atoms with E-state index in [1.807, 2.05) is 35.6 Å². The summed E-state index contributed by atoms with van der Waals surface area (Å²) in [5.41, 5.74) is 7.36. The molecule has 3 N–H and O–H groups in total. The molecule has 2 amide bonds. The highest BCUT2D eigenvalue weighted by molar-refractivity contribution is 7.07. The van der Waals surface area contributed by atoms with Gasteiger partial charge >= 0.3 is 0 Å². The number of nitrogens with zero attached hydrogens (tertiary/aromatic N) is 1. The van der Waals surface area contributed by atoms with Crippen LogP contribution >= 0.6 is 11.3 Å². The first-order chi connectivity index (χ1) is 9.58. The van der Waals surface area contributed by atoms with Gasteiger partial charge in [0, 0.05) is 6.04 Å². The van der Waals surface area contributed by atoms with Crippen molar-refractivity contribution in [1.29, 1.82) is 0 Å². The number of carbonyl (C=O) groups excluding carboxylic acids is 2. The Morgan fingerprint density at radius 2 is 2.25 bits per heavy atom. The third kappa shape index (κ3) is 2.92. The molecule has 110 valence electrons. The van der Waals surface area contributed by atoms with Crippen molar-refractivity contribution in [2.75, 3.05) is 6.54 Å². The molecular formula is C14H21N3O2S. The van der Waals surface area contributed by atoms with E-state index < -0.39 is 0 Å². The van der Waals surface area contributed by atoms with Gasteiger partial charge in [0.05, 0.1) is 18.6 Å². The van der Waals surface area contributed by atoms with E-state index in [0.717, 1.165) is 12.0 Å². The molecule has 0 saturated carbocycles. The standard InChI is InChI=1S/C14H21N3O2S/c1-3-10(15)13(9-5-6-20-8-9)17-7-12(18)16-14(19)11(17)4-2/h5-6,8,10-11,13H,3-4,7,15H2,1-2H3,(H,16,18,19). The van der Waals surface area contributed by atoms with Crippen LogP contribution in [0.5, 0.6) is 0 Å². The van der Waals surface area contributed by atoms with Crippen molar-refractivity contribution in [3.05, 3.63) is 22.4 Å². The van der Waals surface area contributed by atoms with E-state index >= 15 is 0 Å². The fraction of sp³-hybridized carbons (Fsp3) is 0.571. The number of hydrogen-bond donors (Lipinski definition) is 2. The number of nitrogens with two attached hydrogens (primary N) is 1. The van der Waals surface area contributed by atoms with E-state index in [-0.39, 0.29) is 36.5 Å². The maximum absolute atomic E-state index is 12.0. The molecule has 1 aliphatic heterocycles. The number of nitrogens with one attached hydrogen (secondary N) is 1. The smallest absolute Gasteiger partial charge is 0.243 e. The van der Waals surface area contributed by atoms with E-state index in [4.69, 9.17) is 5.73 Å². The summed E-state index contributed by atoms with van der Waals surface area (Å²) < 4.78 is 0. The highest BCUT2D eigenvalue weighted by atomic mass is 32.1. The molecule has 0 aliphatic carbocycles. The van der Waals surface area contributed by atoms with Crippen LogP contribution in [0.3, 0.4) is 0 Å². The van der Waals surface area contributed by atoms with Crippen molar-refractivity contribution in [3.63, 3.8) is 0 Å². The fourth-order valence-electron chi connectivity index (χ4n) is 2.75. The van der Waals surface area contributed by atoms with Gasteiger partial charge in [-0.1, -0.05) is 13.8 Å². The number of carbonyl (C=O) groups is 2. The van der Waals surface area contributed by atoms with Crippen LogP contribution in [0.1, 0.15) is 38.3 Å². The van der Waals surface area contributed by atoms with E-state index in [1.165, 1.54) is 0 Å². The molecule has 3 unspecified atom stereocenters. The summed E-state index contributed by atoms with van der Waals surface area (Å²) >= 11 is 1.60. The van der Waals surface area contributed by atoms with Gasteiger partial charge in [0.25, 0.3) is 0 Å². The van der Waals surface area contributed by atoms with Gasteiger partial charge in [0.15, 0.2) is 0 Å². The summed E-state index contributed by atoms with van der Waals surface area (Å²) in [6.07, 6.45) is 1.46. The maximum Gasteiger partial charge on any atom is 0.243 e. The van der Waals surface area contributed by atoms with Gasteiger partial charge in [-0.15, -0.1) is 0 Å². The minimum absolute atomic E-state index is 0.0915. The molecule has 1 aromatic rings. The minimum Gasteiger partial charge on any atom is -0.326 e. The van der Waals surface area contributed by atoms with Crippen LogP contribution in [-0.4, -0.2) is 35.3 Å². The van der Waals surface area contributed by atoms with E-state index in [2.05, 4.69) is 5.32 Å². The Morgan fingerprint density at radius 1 is 1.50 bits per heavy atom. The third-order valence-electron chi connectivity index (χ3n) is 3.80. The monoisotopic (exact) mass is 295 g/mol. The minimum atomic E-state index is -0.296. The number of amides is 2. The SMILES string of the molecule is CCC(N)C(c1ccsc1)N1CC(=O)NC(=O)C1CC. The van der Waals surface area contributed by atoms with Crippen LogP contribution in [-0.2, 0) is 9.59 Å². The quantitative estimate of drug-likeness (QED) is 0.802. The van der Waals surface area contributed by atoms with Crippen molar-refractivity contribution >= 4 is 23.2 Å². The Morgan fingerprint density at radius 3 is 2.80 bits per heavy atom. The van der Waals surface area contributed by atoms with Crippen molar-refractivity contribution in [2.45, 2.75) is 44.8 Å². The predicted octanol–water partition coefficient (Wildman–Crippen LogP) is 1.26. The lowest BCUT2D eigenvalue weighted by atomic mass is 9.95. The van der Waals surface area contributed by atoms with E-state index in [1.54, 1.807) is 11.3 Å². The zero-order chi connectivity index (χ0) is 14.7. The van der Waals surface area contributed by atoms with Crippen LogP contribution in [0, 0.1) is 0 Å². The van der Waals surface area contributed by atoms with Crippen LogP contribution in [0.2, 0.25) is 0 Å². The van der Waals surface area contributed by atoms with Crippen molar-refractivity contribution in [1.82, 2.24) is 10.2 Å². The molecule has 1 aliphatic rings. The van der Waals surface area contributed by atoms with Crippen LogP contribution in [0.4, 0.5) is 0 Å². The third-order valence-corrected chi connectivity index (χ3v) is 4.50. The Labute approximate surface area is 123 Å². The molecule has 3 atom stereocenters. The Bertz CT molecular complexity index is 475. The Hall–Kier alpha value is -1.24. The highest BCUT2D eigenvalue weighted by Crippen LogP contribution is 2.30. The molecular weight excluding hydrogens is 274 g/mol. The normalized spacial score (nSPS) is 23.4. The second kappa shape index (κ2) is 6.47. The van der Waals surface area contributed by atoms with Crippen molar-refractivity contribution in [2.24, 2.45) is 5.73 Å². The first kappa shape index (κ1) is 15.2. The molecule has 2 heterocycles. The number of piperazine rings is 1. The van der Waals surface area contributed by atoms with Crippen molar-refractivity contribution in [3.8, 4) is 0 Å². The van der Waals surface area contributed by atoms with Gasteiger partial charge < -0.3 is 5.73 Å². The molecule has 0 radical (unpaired) electrons. The molecule has 6 heteroatoms. The average molecular weight is 295 g/mol. The van der Waals surface area contributed by atoms with Gasteiger partial charge in [-0.3, -0.25) is 19.8 Å². The topological polar surface area (TPSA) is 75.4 Å². The lowest BCUT2D eigenvalue weighted by molar-refractivity contribution is -0.142. The number of thiophene rings is 1. The Kier molecular flexibility index (Phi) is 4.91. The molecule has 2 rings (SSSR count). The lowest BCUT2D eigenvalue weighted by Crippen LogP contribution is -2.60. The van der Waals surface area contributed by atoms with Gasteiger partial charge in [0.1, 0.15) is 0 Å². The first-order valence-corrected chi connectivity index (χ1v) is 7.89. The molecule has 0 bridgehead atoms. The van der Waals surface area contributed by atoms with Gasteiger partial charge in [-0.25, -0.2) is 0 Å². The molecule has 1 aromatic heterocycles. The number of rotatable bonds is 5. The van der Waals surface area contributed by atoms with E-state index in [0.29, 0.717) is 6.42 Å². The van der Waals surface area contributed by atoms with E-state index in [9.17, 15) is 9.59 Å². The summed E-state index contributed by atoms with van der Waals surface area (Å²) in [4.78, 5) is 25.7. The van der Waals surface area contributed by atoms with Gasteiger partial charge in [-0.2, -0.15) is 11.3 Å². The first-order valence-electron chi connectivity index (χ1n) is 6.95.